The number of hydrogen-bond donors (Lipinski definition) is 3. The predicted molar refractivity (Wildman–Crippen MR) is 117 cm³/mol. The van der Waals surface area contributed by atoms with Crippen LogP contribution < -0.4 is 11.1 Å². The van der Waals surface area contributed by atoms with Gasteiger partial charge in [-0.1, -0.05) is 13.0 Å². The van der Waals surface area contributed by atoms with Crippen molar-refractivity contribution in [2.45, 2.75) is 50.7 Å². The van der Waals surface area contributed by atoms with Crippen molar-refractivity contribution < 1.29 is 9.18 Å². The van der Waals surface area contributed by atoms with Crippen molar-refractivity contribution in [3.8, 4) is 0 Å². The number of anilines is 1. The van der Waals surface area contributed by atoms with Crippen LogP contribution in [0.3, 0.4) is 0 Å². The lowest BCUT2D eigenvalue weighted by Gasteiger charge is -2.40. The van der Waals surface area contributed by atoms with Crippen molar-refractivity contribution in [2.24, 2.45) is 5.73 Å². The number of thioether (sulfide) groups is 1. The molecular weight excluding hydrogens is 387 g/mol. The van der Waals surface area contributed by atoms with E-state index in [4.69, 9.17) is 11.1 Å². The molecule has 4 N–H and O–H groups in total. The van der Waals surface area contributed by atoms with Gasteiger partial charge in [0, 0.05) is 17.6 Å². The van der Waals surface area contributed by atoms with E-state index in [0.717, 1.165) is 30.4 Å². The van der Waals surface area contributed by atoms with Crippen LogP contribution >= 0.6 is 11.8 Å². The number of carbonyl (C=O) groups is 1. The van der Waals surface area contributed by atoms with Crippen LogP contribution in [-0.2, 0) is 0 Å². The smallest absolute Gasteiger partial charge is 0.274 e. The molecule has 1 saturated carbocycles. The van der Waals surface area contributed by atoms with E-state index >= 15 is 0 Å². The Bertz CT molecular complexity index is 942. The molecule has 2 aromatic rings. The Labute approximate surface area is 175 Å². The number of carbonyl (C=O) groups excluding carboxylic acids is 1. The second-order valence-electron chi connectivity index (χ2n) is 7.84. The Kier molecular flexibility index (Phi) is 6.27. The molecule has 1 unspecified atom stereocenters. The summed E-state index contributed by atoms with van der Waals surface area (Å²) in [6, 6.07) is 6.53. The fraction of sp³-hybridized carbons (Fsp3) is 0.409. The number of benzene rings is 1. The summed E-state index contributed by atoms with van der Waals surface area (Å²) < 4.78 is 14.2. The van der Waals surface area contributed by atoms with Crippen molar-refractivity contribution in [1.29, 1.82) is 5.41 Å². The summed E-state index contributed by atoms with van der Waals surface area (Å²) in [6.45, 7) is 5.72. The van der Waals surface area contributed by atoms with Crippen molar-refractivity contribution in [3.05, 3.63) is 58.7 Å². The molecule has 1 fully saturated rings. The quantitative estimate of drug-likeness (QED) is 0.449. The van der Waals surface area contributed by atoms with Gasteiger partial charge >= 0.3 is 0 Å². The lowest BCUT2D eigenvalue weighted by Crippen LogP contribution is -2.46. The third-order valence-corrected chi connectivity index (χ3v) is 7.32. The van der Waals surface area contributed by atoms with Gasteiger partial charge in [-0.15, -0.1) is 11.8 Å². The summed E-state index contributed by atoms with van der Waals surface area (Å²) in [5.41, 5.74) is 9.00. The lowest BCUT2D eigenvalue weighted by atomic mass is 9.83. The first-order valence-corrected chi connectivity index (χ1v) is 10.7. The van der Waals surface area contributed by atoms with Crippen LogP contribution in [0.2, 0.25) is 0 Å². The number of aryl methyl sites for hydroxylation is 2. The standard InChI is InChI=1S/C22H27FN4OS/c1-13-9-14(2)19(26-11-13)20(28)27-16-5-6-18(23)17(10-16)15(3)12-29-22(21(24)25)7-4-8-22/h5-6,9-11,15H,4,7-8,12H2,1-3H3,(H3,24,25)(H,27,28). The van der Waals surface area contributed by atoms with E-state index in [1.807, 2.05) is 26.8 Å². The number of nitrogens with two attached hydrogens (primary N) is 1. The number of nitrogens with zero attached hydrogens (tertiary/aromatic N) is 1. The van der Waals surface area contributed by atoms with E-state index in [1.54, 1.807) is 30.1 Å². The molecule has 1 aromatic heterocycles. The van der Waals surface area contributed by atoms with E-state index in [9.17, 15) is 9.18 Å². The number of rotatable bonds is 7. The van der Waals surface area contributed by atoms with Gasteiger partial charge < -0.3 is 11.1 Å². The van der Waals surface area contributed by atoms with E-state index in [-0.39, 0.29) is 28.2 Å². The summed E-state index contributed by atoms with van der Waals surface area (Å²) in [6.07, 6.45) is 4.54. The van der Waals surface area contributed by atoms with Crippen molar-refractivity contribution in [2.75, 3.05) is 11.1 Å². The van der Waals surface area contributed by atoms with E-state index in [0.29, 0.717) is 22.7 Å². The second kappa shape index (κ2) is 8.53. The van der Waals surface area contributed by atoms with Crippen LogP contribution in [0.1, 0.15) is 59.3 Å². The molecule has 1 amide bonds. The van der Waals surface area contributed by atoms with Gasteiger partial charge in [0.25, 0.3) is 5.91 Å². The average molecular weight is 415 g/mol. The van der Waals surface area contributed by atoms with Gasteiger partial charge in [0.2, 0.25) is 0 Å². The first-order chi connectivity index (χ1) is 13.7. The third-order valence-electron chi connectivity index (χ3n) is 5.48. The summed E-state index contributed by atoms with van der Waals surface area (Å²) >= 11 is 1.64. The molecule has 1 atom stereocenters. The van der Waals surface area contributed by atoms with Crippen molar-refractivity contribution in [3.63, 3.8) is 0 Å². The highest BCUT2D eigenvalue weighted by Gasteiger charge is 2.41. The van der Waals surface area contributed by atoms with Gasteiger partial charge in [-0.2, -0.15) is 0 Å². The fourth-order valence-corrected chi connectivity index (χ4v) is 4.99. The predicted octanol–water partition coefficient (Wildman–Crippen LogP) is 4.79. The van der Waals surface area contributed by atoms with E-state index < -0.39 is 0 Å². The number of amides is 1. The van der Waals surface area contributed by atoms with Gasteiger partial charge in [-0.3, -0.25) is 15.2 Å². The number of halogens is 1. The molecule has 1 aliphatic carbocycles. The minimum Gasteiger partial charge on any atom is -0.386 e. The number of nitrogens with one attached hydrogen (secondary N) is 2. The van der Waals surface area contributed by atoms with Crippen LogP contribution in [-0.4, -0.2) is 27.2 Å². The highest BCUT2D eigenvalue weighted by Crippen LogP contribution is 2.45. The van der Waals surface area contributed by atoms with E-state index in [1.165, 1.54) is 6.07 Å². The number of amidine groups is 1. The summed E-state index contributed by atoms with van der Waals surface area (Å²) in [5.74, 6) is 0.182. The average Bonchev–Trinajstić information content (AvgIpc) is 2.61. The molecule has 154 valence electrons. The van der Waals surface area contributed by atoms with E-state index in [2.05, 4.69) is 10.3 Å². The Morgan fingerprint density at radius 1 is 1.38 bits per heavy atom. The Balaban J connectivity index is 1.72. The number of hydrogen-bond acceptors (Lipinski definition) is 4. The van der Waals surface area contributed by atoms with Gasteiger partial charge in [0.1, 0.15) is 17.3 Å². The van der Waals surface area contributed by atoms with Crippen molar-refractivity contribution in [1.82, 2.24) is 4.98 Å². The minimum absolute atomic E-state index is 0.0760. The maximum Gasteiger partial charge on any atom is 0.274 e. The highest BCUT2D eigenvalue weighted by molar-refractivity contribution is 8.01. The first kappa shape index (κ1) is 21.3. The fourth-order valence-electron chi connectivity index (χ4n) is 3.51. The zero-order valence-corrected chi connectivity index (χ0v) is 17.8. The van der Waals surface area contributed by atoms with Gasteiger partial charge in [0.05, 0.1) is 4.75 Å². The van der Waals surface area contributed by atoms with Crippen LogP contribution in [0.5, 0.6) is 0 Å². The molecule has 1 aliphatic rings. The molecule has 0 saturated heterocycles. The monoisotopic (exact) mass is 414 g/mol. The zero-order chi connectivity index (χ0) is 21.2. The number of pyridine rings is 1. The van der Waals surface area contributed by atoms with Crippen molar-refractivity contribution >= 4 is 29.2 Å². The topological polar surface area (TPSA) is 91.9 Å². The first-order valence-electron chi connectivity index (χ1n) is 9.74. The molecule has 7 heteroatoms. The van der Waals surface area contributed by atoms with Crippen LogP contribution in [0.15, 0.2) is 30.5 Å². The molecule has 0 bridgehead atoms. The molecule has 1 aromatic carbocycles. The minimum atomic E-state index is -0.313. The molecular formula is C22H27FN4OS. The van der Waals surface area contributed by atoms with Crippen LogP contribution in [0, 0.1) is 25.1 Å². The Hall–Kier alpha value is -2.41. The van der Waals surface area contributed by atoms with Gasteiger partial charge in [-0.25, -0.2) is 4.39 Å². The van der Waals surface area contributed by atoms with Crippen LogP contribution in [0.25, 0.3) is 0 Å². The molecule has 3 rings (SSSR count). The summed E-state index contributed by atoms with van der Waals surface area (Å²) in [4.78, 5) is 16.8. The van der Waals surface area contributed by atoms with Gasteiger partial charge in [0.15, 0.2) is 0 Å². The molecule has 0 radical (unpaired) electrons. The van der Waals surface area contributed by atoms with Crippen LogP contribution in [0.4, 0.5) is 10.1 Å². The normalized spacial score (nSPS) is 16.0. The number of aromatic nitrogens is 1. The molecule has 0 aliphatic heterocycles. The highest BCUT2D eigenvalue weighted by atomic mass is 32.2. The lowest BCUT2D eigenvalue weighted by molar-refractivity contribution is 0.102. The maximum absolute atomic E-state index is 14.5. The Morgan fingerprint density at radius 2 is 2.10 bits per heavy atom. The molecule has 0 spiro atoms. The van der Waals surface area contributed by atoms with Gasteiger partial charge in [-0.05, 0) is 73.9 Å². The molecule has 1 heterocycles. The maximum atomic E-state index is 14.5. The Morgan fingerprint density at radius 3 is 2.69 bits per heavy atom. The third kappa shape index (κ3) is 4.61. The largest absolute Gasteiger partial charge is 0.386 e. The molecule has 5 nitrogen and oxygen atoms in total. The summed E-state index contributed by atoms with van der Waals surface area (Å²) in [5, 5.41) is 10.7. The zero-order valence-electron chi connectivity index (χ0n) is 17.0. The summed E-state index contributed by atoms with van der Waals surface area (Å²) in [7, 11) is 0. The molecule has 29 heavy (non-hydrogen) atoms. The SMILES string of the molecule is Cc1cnc(C(=O)Nc2ccc(F)c(C(C)CSC3(C(=N)N)CCC3)c2)c(C)c1. The second-order valence-corrected chi connectivity index (χ2v) is 9.25.